The molecule has 0 aliphatic carbocycles. The molecule has 3 rings (SSSR count). The maximum atomic E-state index is 12.2. The third-order valence-electron chi connectivity index (χ3n) is 3.85. The average Bonchev–Trinajstić information content (AvgIpc) is 2.61. The van der Waals surface area contributed by atoms with E-state index in [4.69, 9.17) is 14.2 Å². The highest BCUT2D eigenvalue weighted by atomic mass is 16.6. The first-order chi connectivity index (χ1) is 11.6. The Balaban J connectivity index is 1.49. The topological polar surface area (TPSA) is 48.0 Å². The van der Waals surface area contributed by atoms with Crippen molar-refractivity contribution in [2.75, 3.05) is 26.8 Å². The van der Waals surface area contributed by atoms with E-state index in [2.05, 4.69) is 0 Å². The van der Waals surface area contributed by atoms with Gasteiger partial charge >= 0.3 is 0 Å². The van der Waals surface area contributed by atoms with Gasteiger partial charge in [0.25, 0.3) is 5.91 Å². The number of hydrogen-bond donors (Lipinski definition) is 0. The van der Waals surface area contributed by atoms with E-state index in [9.17, 15) is 4.79 Å². The van der Waals surface area contributed by atoms with Crippen LogP contribution in [0.4, 0.5) is 0 Å². The molecule has 1 aliphatic rings. The van der Waals surface area contributed by atoms with Gasteiger partial charge in [0.1, 0.15) is 12.4 Å². The van der Waals surface area contributed by atoms with Crippen molar-refractivity contribution >= 4 is 5.91 Å². The number of ether oxygens (including phenoxy) is 3. The molecular weight excluding hydrogens is 306 g/mol. The van der Waals surface area contributed by atoms with Crippen LogP contribution in [0.25, 0.3) is 0 Å². The molecule has 5 nitrogen and oxygen atoms in total. The predicted molar refractivity (Wildman–Crippen MR) is 90.7 cm³/mol. The number of aryl methyl sites for hydroxylation is 1. The monoisotopic (exact) mass is 327 g/mol. The number of carbonyl (C=O) groups is 1. The molecule has 24 heavy (non-hydrogen) atoms. The molecule has 0 radical (unpaired) electrons. The Hall–Kier alpha value is -2.69. The van der Waals surface area contributed by atoms with E-state index >= 15 is 0 Å². The minimum atomic E-state index is -0.187. The maximum Gasteiger partial charge on any atom is 0.260 e. The minimum Gasteiger partial charge on any atom is -0.486 e. The zero-order chi connectivity index (χ0) is 16.9. The smallest absolute Gasteiger partial charge is 0.260 e. The fraction of sp³-hybridized carbons (Fsp3) is 0.316. The molecule has 1 atom stereocenters. The molecule has 0 spiro atoms. The maximum absolute atomic E-state index is 12.2. The van der Waals surface area contributed by atoms with Crippen LogP contribution in [0.1, 0.15) is 5.56 Å². The molecule has 5 heteroatoms. The molecule has 1 unspecified atom stereocenters. The molecule has 0 bridgehead atoms. The molecule has 0 saturated carbocycles. The van der Waals surface area contributed by atoms with E-state index < -0.39 is 0 Å². The second-order valence-corrected chi connectivity index (χ2v) is 5.87. The Labute approximate surface area is 141 Å². The summed E-state index contributed by atoms with van der Waals surface area (Å²) < 4.78 is 17.1. The van der Waals surface area contributed by atoms with Crippen LogP contribution < -0.4 is 14.2 Å². The van der Waals surface area contributed by atoms with Crippen LogP contribution in [-0.2, 0) is 4.79 Å². The quantitative estimate of drug-likeness (QED) is 0.847. The number of likely N-dealkylation sites (N-methyl/N-ethyl adjacent to an activating group) is 1. The highest BCUT2D eigenvalue weighted by Crippen LogP contribution is 2.30. The van der Waals surface area contributed by atoms with Crippen LogP contribution in [0.15, 0.2) is 48.5 Å². The zero-order valence-electron chi connectivity index (χ0n) is 13.9. The van der Waals surface area contributed by atoms with Crippen molar-refractivity contribution < 1.29 is 19.0 Å². The number of benzene rings is 2. The molecule has 0 N–H and O–H groups in total. The van der Waals surface area contributed by atoms with Crippen molar-refractivity contribution in [2.45, 2.75) is 13.0 Å². The van der Waals surface area contributed by atoms with Gasteiger partial charge in [-0.15, -0.1) is 0 Å². The summed E-state index contributed by atoms with van der Waals surface area (Å²) >= 11 is 0. The summed E-state index contributed by atoms with van der Waals surface area (Å²) in [5.74, 6) is 2.04. The molecule has 1 amide bonds. The third-order valence-corrected chi connectivity index (χ3v) is 3.85. The third kappa shape index (κ3) is 3.98. The van der Waals surface area contributed by atoms with Crippen molar-refractivity contribution in [1.29, 1.82) is 0 Å². The van der Waals surface area contributed by atoms with Gasteiger partial charge in [-0.05, 0) is 31.2 Å². The van der Waals surface area contributed by atoms with Crippen LogP contribution in [0, 0.1) is 6.92 Å². The molecule has 2 aromatic rings. The molecule has 1 heterocycles. The van der Waals surface area contributed by atoms with Gasteiger partial charge in [0.05, 0.1) is 6.54 Å². The van der Waals surface area contributed by atoms with Gasteiger partial charge in [-0.1, -0.05) is 29.8 Å². The summed E-state index contributed by atoms with van der Waals surface area (Å²) in [7, 11) is 1.74. The molecule has 0 aromatic heterocycles. The predicted octanol–water partition coefficient (Wildman–Crippen LogP) is 2.67. The highest BCUT2D eigenvalue weighted by Gasteiger charge is 2.23. The Bertz CT molecular complexity index is 699. The second-order valence-electron chi connectivity index (χ2n) is 5.87. The van der Waals surface area contributed by atoms with Gasteiger partial charge in [-0.25, -0.2) is 0 Å². The average molecular weight is 327 g/mol. The fourth-order valence-corrected chi connectivity index (χ4v) is 2.45. The van der Waals surface area contributed by atoms with Crippen LogP contribution >= 0.6 is 0 Å². The number of rotatable bonds is 5. The number of para-hydroxylation sites is 2. The summed E-state index contributed by atoms with van der Waals surface area (Å²) in [5, 5.41) is 0. The molecule has 0 saturated heterocycles. The molecule has 0 fully saturated rings. The lowest BCUT2D eigenvalue weighted by Gasteiger charge is -2.29. The first kappa shape index (κ1) is 16.2. The van der Waals surface area contributed by atoms with E-state index in [1.165, 1.54) is 0 Å². The second kappa shape index (κ2) is 7.25. The Morgan fingerprint density at radius 2 is 1.88 bits per heavy atom. The van der Waals surface area contributed by atoms with Crippen molar-refractivity contribution in [3.05, 3.63) is 54.1 Å². The van der Waals surface area contributed by atoms with E-state index in [-0.39, 0.29) is 18.6 Å². The first-order valence-corrected chi connectivity index (χ1v) is 7.94. The Morgan fingerprint density at radius 1 is 1.17 bits per heavy atom. The molecule has 126 valence electrons. The number of hydrogen-bond acceptors (Lipinski definition) is 4. The Morgan fingerprint density at radius 3 is 2.62 bits per heavy atom. The van der Waals surface area contributed by atoms with E-state index in [1.807, 2.05) is 55.5 Å². The Kier molecular flexibility index (Phi) is 4.89. The summed E-state index contributed by atoms with van der Waals surface area (Å²) in [6.07, 6.45) is -0.187. The lowest BCUT2D eigenvalue weighted by Crippen LogP contribution is -2.43. The van der Waals surface area contributed by atoms with Crippen molar-refractivity contribution in [3.8, 4) is 17.2 Å². The lowest BCUT2D eigenvalue weighted by atomic mass is 10.2. The van der Waals surface area contributed by atoms with Crippen LogP contribution in [-0.4, -0.2) is 43.7 Å². The van der Waals surface area contributed by atoms with Gasteiger partial charge < -0.3 is 19.1 Å². The molecule has 2 aromatic carbocycles. The number of fused-ring (bicyclic) bond motifs is 1. The highest BCUT2D eigenvalue weighted by molar-refractivity contribution is 5.77. The number of carbonyl (C=O) groups excluding carboxylic acids is 1. The van der Waals surface area contributed by atoms with Gasteiger partial charge in [-0.3, -0.25) is 4.79 Å². The van der Waals surface area contributed by atoms with Gasteiger partial charge in [-0.2, -0.15) is 0 Å². The van der Waals surface area contributed by atoms with Crippen molar-refractivity contribution in [2.24, 2.45) is 0 Å². The SMILES string of the molecule is Cc1ccc(OCC(=O)N(C)CC2COc3ccccc3O2)cc1. The summed E-state index contributed by atoms with van der Waals surface area (Å²) in [6.45, 7) is 2.88. The van der Waals surface area contributed by atoms with Gasteiger partial charge in [0, 0.05) is 7.05 Å². The molecular formula is C19H21NO4. The minimum absolute atomic E-state index is 0.00370. The van der Waals surface area contributed by atoms with Crippen molar-refractivity contribution in [1.82, 2.24) is 4.90 Å². The van der Waals surface area contributed by atoms with E-state index in [1.54, 1.807) is 11.9 Å². The summed E-state index contributed by atoms with van der Waals surface area (Å²) in [6, 6.07) is 15.2. The van der Waals surface area contributed by atoms with Crippen LogP contribution in [0.5, 0.6) is 17.2 Å². The van der Waals surface area contributed by atoms with E-state index in [0.29, 0.717) is 24.7 Å². The zero-order valence-corrected chi connectivity index (χ0v) is 13.9. The lowest BCUT2D eigenvalue weighted by molar-refractivity contribution is -0.133. The fourth-order valence-electron chi connectivity index (χ4n) is 2.45. The largest absolute Gasteiger partial charge is 0.486 e. The summed E-state index contributed by atoms with van der Waals surface area (Å²) in [5.41, 5.74) is 1.15. The molecule has 1 aliphatic heterocycles. The standard InChI is InChI=1S/C19H21NO4/c1-14-7-9-15(10-8-14)22-13-19(21)20(2)11-16-12-23-17-5-3-4-6-18(17)24-16/h3-10,16H,11-13H2,1-2H3. The van der Waals surface area contributed by atoms with Crippen LogP contribution in [0.2, 0.25) is 0 Å². The number of amides is 1. The number of nitrogens with zero attached hydrogens (tertiary/aromatic N) is 1. The summed E-state index contributed by atoms with van der Waals surface area (Å²) in [4.78, 5) is 13.8. The van der Waals surface area contributed by atoms with Gasteiger partial charge in [0.15, 0.2) is 24.2 Å². The first-order valence-electron chi connectivity index (χ1n) is 7.94. The normalized spacial score (nSPS) is 15.7. The van der Waals surface area contributed by atoms with Crippen LogP contribution in [0.3, 0.4) is 0 Å². The van der Waals surface area contributed by atoms with Crippen molar-refractivity contribution in [3.63, 3.8) is 0 Å². The van der Waals surface area contributed by atoms with Gasteiger partial charge in [0.2, 0.25) is 0 Å². The van der Waals surface area contributed by atoms with E-state index in [0.717, 1.165) is 11.3 Å².